The van der Waals surface area contributed by atoms with Crippen LogP contribution in [0.1, 0.15) is 11.3 Å². The van der Waals surface area contributed by atoms with E-state index < -0.39 is 10.0 Å². The van der Waals surface area contributed by atoms with Crippen molar-refractivity contribution in [2.75, 3.05) is 4.72 Å². The lowest BCUT2D eigenvalue weighted by Crippen LogP contribution is -2.13. The predicted molar refractivity (Wildman–Crippen MR) is 88.4 cm³/mol. The molecule has 9 heteroatoms. The van der Waals surface area contributed by atoms with Gasteiger partial charge in [-0.3, -0.25) is 4.72 Å². The van der Waals surface area contributed by atoms with Crippen LogP contribution >= 0.6 is 27.3 Å². The summed E-state index contributed by atoms with van der Waals surface area (Å²) < 4.78 is 28.2. The topological polar surface area (TPSA) is 98.6 Å². The van der Waals surface area contributed by atoms with Crippen LogP contribution in [0.15, 0.2) is 32.5 Å². The number of nitriles is 1. The van der Waals surface area contributed by atoms with Crippen molar-refractivity contribution in [2.24, 2.45) is 0 Å². The Labute approximate surface area is 139 Å². The maximum Gasteiger partial charge on any atom is 0.273 e. The van der Waals surface area contributed by atoms with Gasteiger partial charge in [-0.15, -0.1) is 0 Å². The molecule has 0 aliphatic rings. The summed E-state index contributed by atoms with van der Waals surface area (Å²) in [6.45, 7) is 1.64. The summed E-state index contributed by atoms with van der Waals surface area (Å²) >= 11 is 4.23. The number of rotatable bonds is 3. The number of nitrogens with zero attached hydrogens (tertiary/aromatic N) is 2. The third kappa shape index (κ3) is 2.49. The van der Waals surface area contributed by atoms with Gasteiger partial charge in [-0.25, -0.2) is 13.4 Å². The van der Waals surface area contributed by atoms with Gasteiger partial charge in [0.15, 0.2) is 8.13 Å². The van der Waals surface area contributed by atoms with Crippen LogP contribution in [0.25, 0.3) is 10.9 Å². The van der Waals surface area contributed by atoms with E-state index in [1.165, 1.54) is 0 Å². The summed E-state index contributed by atoms with van der Waals surface area (Å²) in [5.74, 6) is 0. The molecule has 3 aromatic rings. The van der Waals surface area contributed by atoms with E-state index in [-0.39, 0.29) is 4.21 Å². The molecule has 0 saturated carbocycles. The van der Waals surface area contributed by atoms with E-state index in [1.807, 2.05) is 0 Å². The van der Waals surface area contributed by atoms with Crippen LogP contribution in [0.3, 0.4) is 0 Å². The van der Waals surface area contributed by atoms with E-state index in [9.17, 15) is 8.42 Å². The fraction of sp³-hybridized carbons (Fsp3) is 0.0769. The fourth-order valence-electron chi connectivity index (χ4n) is 2.12. The number of halogens is 1. The minimum Gasteiger partial charge on any atom is -0.358 e. The van der Waals surface area contributed by atoms with Gasteiger partial charge in [0.1, 0.15) is 6.07 Å². The minimum absolute atomic E-state index is 0.156. The first-order valence-corrected chi connectivity index (χ1v) is 9.17. The van der Waals surface area contributed by atoms with Gasteiger partial charge in [-0.2, -0.15) is 5.26 Å². The molecule has 0 amide bonds. The van der Waals surface area contributed by atoms with Gasteiger partial charge >= 0.3 is 0 Å². The zero-order valence-electron chi connectivity index (χ0n) is 11.2. The van der Waals surface area contributed by atoms with Gasteiger partial charge in [0.2, 0.25) is 0 Å². The number of thiazole rings is 1. The van der Waals surface area contributed by atoms with Crippen LogP contribution < -0.4 is 4.72 Å². The molecular weight excluding hydrogens is 388 g/mol. The Morgan fingerprint density at radius 3 is 2.86 bits per heavy atom. The van der Waals surface area contributed by atoms with Crippen LogP contribution in [0.4, 0.5) is 5.69 Å². The lowest BCUT2D eigenvalue weighted by molar-refractivity contribution is 0.602. The molecule has 0 aliphatic heterocycles. The van der Waals surface area contributed by atoms with Crippen molar-refractivity contribution in [1.82, 2.24) is 9.97 Å². The standard InChI is InChI=1S/C13H9BrN4O2S2/c1-7-12(21-13(14)17-7)22(19,20)18-10-4-2-3-9-8(5-15)6-16-11(9)10/h2-4,6,16,18H,1H3. The molecule has 1 aromatic carbocycles. The summed E-state index contributed by atoms with van der Waals surface area (Å²) in [6, 6.07) is 7.16. The highest BCUT2D eigenvalue weighted by Crippen LogP contribution is 2.31. The molecule has 2 aromatic heterocycles. The second-order valence-corrected chi connectivity index (χ2v) is 8.64. The number of aromatic nitrogens is 2. The van der Waals surface area contributed by atoms with Crippen LogP contribution in [-0.2, 0) is 10.0 Å². The van der Waals surface area contributed by atoms with Crippen molar-refractivity contribution in [1.29, 1.82) is 5.26 Å². The maximum atomic E-state index is 12.5. The number of hydrogen-bond acceptors (Lipinski definition) is 5. The van der Waals surface area contributed by atoms with Crippen molar-refractivity contribution >= 4 is 53.9 Å². The quantitative estimate of drug-likeness (QED) is 0.708. The normalized spacial score (nSPS) is 11.5. The summed E-state index contributed by atoms with van der Waals surface area (Å²) in [6.07, 6.45) is 1.55. The van der Waals surface area contributed by atoms with Crippen molar-refractivity contribution in [2.45, 2.75) is 11.1 Å². The molecule has 2 N–H and O–H groups in total. The molecule has 112 valence electrons. The number of benzene rings is 1. The molecule has 0 spiro atoms. The monoisotopic (exact) mass is 396 g/mol. The molecule has 6 nitrogen and oxygen atoms in total. The van der Waals surface area contributed by atoms with Gasteiger partial charge in [0.05, 0.1) is 22.5 Å². The van der Waals surface area contributed by atoms with Gasteiger partial charge in [0.25, 0.3) is 10.0 Å². The summed E-state index contributed by atoms with van der Waals surface area (Å²) in [4.78, 5) is 6.99. The second-order valence-electron chi connectivity index (χ2n) is 4.49. The third-order valence-electron chi connectivity index (χ3n) is 3.05. The minimum atomic E-state index is -3.74. The molecule has 2 heterocycles. The van der Waals surface area contributed by atoms with Gasteiger partial charge in [0, 0.05) is 11.6 Å². The number of H-pyrrole nitrogens is 1. The number of aromatic amines is 1. The number of sulfonamides is 1. The van der Waals surface area contributed by atoms with E-state index in [0.29, 0.717) is 31.8 Å². The molecule has 0 unspecified atom stereocenters. The fourth-order valence-corrected chi connectivity index (χ4v) is 5.51. The average Bonchev–Trinajstić information content (AvgIpc) is 3.02. The highest BCUT2D eigenvalue weighted by Gasteiger charge is 2.22. The Hall–Kier alpha value is -1.89. The third-order valence-corrected chi connectivity index (χ3v) is 6.64. The van der Waals surface area contributed by atoms with E-state index in [0.717, 1.165) is 11.3 Å². The Morgan fingerprint density at radius 2 is 2.23 bits per heavy atom. The molecule has 0 aliphatic carbocycles. The molecule has 0 saturated heterocycles. The van der Waals surface area contributed by atoms with Crippen LogP contribution in [-0.4, -0.2) is 18.4 Å². The number of nitrogens with one attached hydrogen (secondary N) is 2. The smallest absolute Gasteiger partial charge is 0.273 e. The van der Waals surface area contributed by atoms with Crippen LogP contribution in [0, 0.1) is 18.3 Å². The van der Waals surface area contributed by atoms with E-state index in [1.54, 1.807) is 31.3 Å². The Bertz CT molecular complexity index is 1010. The Balaban J connectivity index is 2.09. The van der Waals surface area contributed by atoms with Crippen molar-refractivity contribution in [3.8, 4) is 6.07 Å². The van der Waals surface area contributed by atoms with Crippen molar-refractivity contribution in [3.63, 3.8) is 0 Å². The zero-order chi connectivity index (χ0) is 15.9. The molecular formula is C13H9BrN4O2S2. The second kappa shape index (κ2) is 5.39. The first-order valence-electron chi connectivity index (χ1n) is 6.08. The number of aryl methyl sites for hydroxylation is 1. The molecule has 0 atom stereocenters. The first-order chi connectivity index (χ1) is 10.4. The van der Waals surface area contributed by atoms with Crippen molar-refractivity contribution < 1.29 is 8.42 Å². The average molecular weight is 397 g/mol. The van der Waals surface area contributed by atoms with Crippen LogP contribution in [0.5, 0.6) is 0 Å². The van der Waals surface area contributed by atoms with Crippen molar-refractivity contribution in [3.05, 3.63) is 39.6 Å². The predicted octanol–water partition coefficient (Wildman–Crippen LogP) is 3.37. The highest BCUT2D eigenvalue weighted by molar-refractivity contribution is 9.11. The number of para-hydroxylation sites is 1. The molecule has 0 fully saturated rings. The summed E-state index contributed by atoms with van der Waals surface area (Å²) in [5.41, 5.74) is 1.86. The van der Waals surface area contributed by atoms with E-state index >= 15 is 0 Å². The van der Waals surface area contributed by atoms with E-state index in [4.69, 9.17) is 5.26 Å². The van der Waals surface area contributed by atoms with Gasteiger partial charge < -0.3 is 4.98 Å². The molecule has 0 bridgehead atoms. The molecule has 22 heavy (non-hydrogen) atoms. The maximum absolute atomic E-state index is 12.5. The lowest BCUT2D eigenvalue weighted by atomic mass is 10.2. The summed E-state index contributed by atoms with van der Waals surface area (Å²) in [7, 11) is -3.74. The first kappa shape index (κ1) is 15.0. The lowest BCUT2D eigenvalue weighted by Gasteiger charge is -2.08. The highest BCUT2D eigenvalue weighted by atomic mass is 79.9. The number of fused-ring (bicyclic) bond motifs is 1. The summed E-state index contributed by atoms with van der Waals surface area (Å²) in [5, 5.41) is 9.72. The van der Waals surface area contributed by atoms with Gasteiger partial charge in [-0.1, -0.05) is 23.5 Å². The SMILES string of the molecule is Cc1nc(Br)sc1S(=O)(=O)Nc1cccc2c(C#N)c[nH]c12. The van der Waals surface area contributed by atoms with Gasteiger partial charge in [-0.05, 0) is 28.9 Å². The van der Waals surface area contributed by atoms with E-state index in [2.05, 4.69) is 36.7 Å². The Morgan fingerprint density at radius 1 is 1.45 bits per heavy atom. The number of hydrogen-bond donors (Lipinski definition) is 2. The zero-order valence-corrected chi connectivity index (χ0v) is 14.4. The molecule has 0 radical (unpaired) electrons. The molecule has 3 rings (SSSR count). The number of anilines is 1. The largest absolute Gasteiger partial charge is 0.358 e. The Kier molecular flexibility index (Phi) is 3.68. The van der Waals surface area contributed by atoms with Crippen LogP contribution in [0.2, 0.25) is 0 Å².